The number of hydrogen-bond acceptors (Lipinski definition) is 2. The number of aliphatic hydroxyl groups excluding tert-OH is 1. The lowest BCUT2D eigenvalue weighted by Gasteiger charge is -2.28. The van der Waals surface area contributed by atoms with Crippen molar-refractivity contribution in [2.45, 2.75) is 51.9 Å². The molecule has 2 heteroatoms. The zero-order valence-corrected chi connectivity index (χ0v) is 10.2. The molecule has 2 unspecified atom stereocenters. The fraction of sp³-hybridized carbons (Fsp3) is 1.00. The predicted octanol–water partition coefficient (Wildman–Crippen LogP) is 2.56. The molecule has 2 atom stereocenters. The molecule has 0 bridgehead atoms. The fourth-order valence-electron chi connectivity index (χ4n) is 2.68. The molecule has 0 heterocycles. The second-order valence-electron chi connectivity index (χ2n) is 4.99. The normalized spacial score (nSPS) is 26.8. The third-order valence-corrected chi connectivity index (χ3v) is 3.76. The Bertz CT molecular complexity index is 149. The minimum atomic E-state index is 0.264. The molecule has 1 rings (SSSR count). The van der Waals surface area contributed by atoms with Crippen molar-refractivity contribution in [3.05, 3.63) is 0 Å². The van der Waals surface area contributed by atoms with Gasteiger partial charge in [-0.1, -0.05) is 45.4 Å². The van der Waals surface area contributed by atoms with Crippen LogP contribution >= 0.6 is 0 Å². The highest BCUT2D eigenvalue weighted by atomic mass is 16.3. The minimum absolute atomic E-state index is 0.264. The zero-order valence-electron chi connectivity index (χ0n) is 10.2. The molecule has 1 aliphatic rings. The van der Waals surface area contributed by atoms with E-state index in [9.17, 15) is 0 Å². The van der Waals surface area contributed by atoms with E-state index >= 15 is 0 Å². The Morgan fingerprint density at radius 1 is 1.13 bits per heavy atom. The van der Waals surface area contributed by atoms with E-state index in [0.29, 0.717) is 0 Å². The van der Waals surface area contributed by atoms with Gasteiger partial charge in [0.15, 0.2) is 0 Å². The summed E-state index contributed by atoms with van der Waals surface area (Å²) < 4.78 is 0. The summed E-state index contributed by atoms with van der Waals surface area (Å²) in [7, 11) is 0. The Morgan fingerprint density at radius 2 is 1.93 bits per heavy atom. The van der Waals surface area contributed by atoms with Gasteiger partial charge in [0.25, 0.3) is 0 Å². The first-order valence-electron chi connectivity index (χ1n) is 6.66. The lowest BCUT2D eigenvalue weighted by Crippen LogP contribution is -2.20. The van der Waals surface area contributed by atoms with Gasteiger partial charge in [0.1, 0.15) is 0 Å². The Balaban J connectivity index is 1.94. The smallest absolute Gasteiger partial charge is 0.0555 e. The molecule has 0 aromatic heterocycles. The van der Waals surface area contributed by atoms with Gasteiger partial charge in [0, 0.05) is 6.54 Å². The van der Waals surface area contributed by atoms with E-state index in [2.05, 4.69) is 12.2 Å². The summed E-state index contributed by atoms with van der Waals surface area (Å²) in [6, 6.07) is 0. The van der Waals surface area contributed by atoms with Gasteiger partial charge in [-0.2, -0.15) is 0 Å². The Kier molecular flexibility index (Phi) is 7.03. The molecule has 0 saturated heterocycles. The van der Waals surface area contributed by atoms with Crippen LogP contribution in [0.15, 0.2) is 0 Å². The van der Waals surface area contributed by atoms with E-state index in [0.717, 1.165) is 24.9 Å². The van der Waals surface area contributed by atoms with E-state index in [-0.39, 0.29) is 6.61 Å². The van der Waals surface area contributed by atoms with Gasteiger partial charge in [-0.05, 0) is 24.8 Å². The van der Waals surface area contributed by atoms with Crippen LogP contribution in [-0.4, -0.2) is 24.8 Å². The molecule has 0 radical (unpaired) electrons. The molecule has 1 saturated carbocycles. The highest BCUT2D eigenvalue weighted by Crippen LogP contribution is 2.32. The van der Waals surface area contributed by atoms with Crippen molar-refractivity contribution in [1.82, 2.24) is 5.32 Å². The molecular weight excluding hydrogens is 186 g/mol. The third kappa shape index (κ3) is 5.53. The van der Waals surface area contributed by atoms with E-state index in [1.165, 1.54) is 44.9 Å². The second-order valence-corrected chi connectivity index (χ2v) is 4.99. The number of rotatable bonds is 7. The fourth-order valence-corrected chi connectivity index (χ4v) is 2.68. The summed E-state index contributed by atoms with van der Waals surface area (Å²) in [5.41, 5.74) is 0. The highest BCUT2D eigenvalue weighted by molar-refractivity contribution is 4.72. The van der Waals surface area contributed by atoms with Crippen molar-refractivity contribution in [2.24, 2.45) is 11.8 Å². The first kappa shape index (κ1) is 13.0. The van der Waals surface area contributed by atoms with Crippen LogP contribution in [0.4, 0.5) is 0 Å². The summed E-state index contributed by atoms with van der Waals surface area (Å²) in [6.45, 7) is 4.51. The van der Waals surface area contributed by atoms with Crippen molar-refractivity contribution >= 4 is 0 Å². The van der Waals surface area contributed by atoms with Crippen molar-refractivity contribution in [3.8, 4) is 0 Å². The molecule has 0 spiro atoms. The van der Waals surface area contributed by atoms with Crippen molar-refractivity contribution < 1.29 is 5.11 Å². The van der Waals surface area contributed by atoms with Crippen LogP contribution < -0.4 is 5.32 Å². The van der Waals surface area contributed by atoms with Crippen LogP contribution in [0, 0.1) is 11.8 Å². The van der Waals surface area contributed by atoms with Gasteiger partial charge in [-0.15, -0.1) is 0 Å². The molecule has 0 aromatic carbocycles. The van der Waals surface area contributed by atoms with Gasteiger partial charge in [-0.3, -0.25) is 0 Å². The van der Waals surface area contributed by atoms with Crippen molar-refractivity contribution in [3.63, 3.8) is 0 Å². The predicted molar refractivity (Wildman–Crippen MR) is 64.9 cm³/mol. The topological polar surface area (TPSA) is 32.3 Å². The first-order valence-corrected chi connectivity index (χ1v) is 6.66. The summed E-state index contributed by atoms with van der Waals surface area (Å²) in [5, 5.41) is 11.8. The maximum Gasteiger partial charge on any atom is 0.0555 e. The van der Waals surface area contributed by atoms with Crippen LogP contribution in [0.1, 0.15) is 51.9 Å². The molecule has 0 aliphatic heterocycles. The third-order valence-electron chi connectivity index (χ3n) is 3.76. The number of aliphatic hydroxyl groups is 1. The molecule has 1 fully saturated rings. The monoisotopic (exact) mass is 213 g/mol. The van der Waals surface area contributed by atoms with Crippen molar-refractivity contribution in [1.29, 1.82) is 0 Å². The van der Waals surface area contributed by atoms with Crippen molar-refractivity contribution in [2.75, 3.05) is 19.7 Å². The van der Waals surface area contributed by atoms with Gasteiger partial charge in [-0.25, -0.2) is 0 Å². The van der Waals surface area contributed by atoms with E-state index in [4.69, 9.17) is 5.11 Å². The average molecular weight is 213 g/mol. The largest absolute Gasteiger partial charge is 0.395 e. The summed E-state index contributed by atoms with van der Waals surface area (Å²) in [6.07, 6.45) is 9.87. The summed E-state index contributed by atoms with van der Waals surface area (Å²) in [5.74, 6) is 1.96. The molecule has 1 aliphatic carbocycles. The Morgan fingerprint density at radius 3 is 2.67 bits per heavy atom. The maximum atomic E-state index is 8.60. The van der Waals surface area contributed by atoms with Gasteiger partial charge in [0.05, 0.1) is 6.61 Å². The van der Waals surface area contributed by atoms with E-state index < -0.39 is 0 Å². The molecule has 0 aromatic rings. The van der Waals surface area contributed by atoms with Gasteiger partial charge < -0.3 is 10.4 Å². The number of hydrogen-bond donors (Lipinski definition) is 2. The van der Waals surface area contributed by atoms with Crippen LogP contribution in [0.2, 0.25) is 0 Å². The zero-order chi connectivity index (χ0) is 10.9. The lowest BCUT2D eigenvalue weighted by molar-refractivity contribution is 0.236. The molecule has 2 N–H and O–H groups in total. The molecule has 0 amide bonds. The average Bonchev–Trinajstić information content (AvgIpc) is 2.25. The molecular formula is C13H27NO. The lowest BCUT2D eigenvalue weighted by atomic mass is 9.78. The van der Waals surface area contributed by atoms with Crippen LogP contribution in [0.5, 0.6) is 0 Å². The summed E-state index contributed by atoms with van der Waals surface area (Å²) in [4.78, 5) is 0. The second kappa shape index (κ2) is 8.12. The Labute approximate surface area is 94.5 Å². The maximum absolute atomic E-state index is 8.60. The highest BCUT2D eigenvalue weighted by Gasteiger charge is 2.20. The number of unbranched alkanes of at least 4 members (excludes halogenated alkanes) is 1. The number of nitrogens with one attached hydrogen (secondary N) is 1. The molecule has 15 heavy (non-hydrogen) atoms. The SMILES string of the molecule is CC1CCCCC1CCCCNCCO. The summed E-state index contributed by atoms with van der Waals surface area (Å²) >= 11 is 0. The van der Waals surface area contributed by atoms with Gasteiger partial charge in [0.2, 0.25) is 0 Å². The van der Waals surface area contributed by atoms with E-state index in [1.54, 1.807) is 0 Å². The molecule has 90 valence electrons. The molecule has 2 nitrogen and oxygen atoms in total. The quantitative estimate of drug-likeness (QED) is 0.637. The van der Waals surface area contributed by atoms with Crippen LogP contribution in [0.3, 0.4) is 0 Å². The van der Waals surface area contributed by atoms with Crippen LogP contribution in [0.25, 0.3) is 0 Å². The minimum Gasteiger partial charge on any atom is -0.395 e. The first-order chi connectivity index (χ1) is 7.34. The Hall–Kier alpha value is -0.0800. The van der Waals surface area contributed by atoms with Gasteiger partial charge >= 0.3 is 0 Å². The van der Waals surface area contributed by atoms with E-state index in [1.807, 2.05) is 0 Å². The van der Waals surface area contributed by atoms with Crippen LogP contribution in [-0.2, 0) is 0 Å². The standard InChI is InChI=1S/C13H27NO/c1-12-6-2-3-7-13(12)8-4-5-9-14-10-11-15/h12-15H,2-11H2,1H3.